The van der Waals surface area contributed by atoms with Crippen LogP contribution in [0.3, 0.4) is 0 Å². The Morgan fingerprint density at radius 2 is 1.96 bits per heavy atom. The SMILES string of the molecule is COc1ccc(Br)cc1C[NH+](C)CC(=O)NC[C@H](C)c1ccccc1. The fourth-order valence-corrected chi connectivity index (χ4v) is 3.18. The van der Waals surface area contributed by atoms with Crippen LogP contribution in [0.2, 0.25) is 0 Å². The highest BCUT2D eigenvalue weighted by Crippen LogP contribution is 2.22. The summed E-state index contributed by atoms with van der Waals surface area (Å²) >= 11 is 3.49. The summed E-state index contributed by atoms with van der Waals surface area (Å²) in [5, 5.41) is 3.04. The van der Waals surface area contributed by atoms with Crippen LogP contribution in [0.25, 0.3) is 0 Å². The molecule has 25 heavy (non-hydrogen) atoms. The van der Waals surface area contributed by atoms with E-state index in [0.29, 0.717) is 19.0 Å². The largest absolute Gasteiger partial charge is 0.496 e. The first-order valence-corrected chi connectivity index (χ1v) is 9.24. The molecule has 5 heteroatoms. The lowest BCUT2D eigenvalue weighted by molar-refractivity contribution is -0.885. The summed E-state index contributed by atoms with van der Waals surface area (Å²) in [4.78, 5) is 13.3. The predicted molar refractivity (Wildman–Crippen MR) is 104 cm³/mol. The lowest BCUT2D eigenvalue weighted by Gasteiger charge is -2.17. The number of ether oxygens (including phenoxy) is 1. The van der Waals surface area contributed by atoms with Gasteiger partial charge < -0.3 is 15.0 Å². The lowest BCUT2D eigenvalue weighted by Crippen LogP contribution is -3.08. The van der Waals surface area contributed by atoms with Gasteiger partial charge in [-0.3, -0.25) is 4.79 Å². The first kappa shape index (κ1) is 19.5. The number of amides is 1. The summed E-state index contributed by atoms with van der Waals surface area (Å²) in [5.41, 5.74) is 2.32. The van der Waals surface area contributed by atoms with E-state index < -0.39 is 0 Å². The minimum atomic E-state index is 0.0641. The monoisotopic (exact) mass is 405 g/mol. The molecule has 0 bridgehead atoms. The van der Waals surface area contributed by atoms with Crippen LogP contribution in [-0.4, -0.2) is 33.2 Å². The molecule has 1 unspecified atom stereocenters. The van der Waals surface area contributed by atoms with Crippen LogP contribution in [0, 0.1) is 0 Å². The van der Waals surface area contributed by atoms with Crippen molar-refractivity contribution in [1.29, 1.82) is 0 Å². The first-order chi connectivity index (χ1) is 12.0. The maximum absolute atomic E-state index is 12.2. The number of nitrogens with one attached hydrogen (secondary N) is 2. The molecular formula is C20H26BrN2O2+. The van der Waals surface area contributed by atoms with Crippen LogP contribution >= 0.6 is 15.9 Å². The minimum absolute atomic E-state index is 0.0641. The van der Waals surface area contributed by atoms with Gasteiger partial charge in [0.15, 0.2) is 6.54 Å². The minimum Gasteiger partial charge on any atom is -0.496 e. The van der Waals surface area contributed by atoms with Crippen LogP contribution < -0.4 is 15.0 Å². The molecular weight excluding hydrogens is 380 g/mol. The summed E-state index contributed by atoms with van der Waals surface area (Å²) in [5.74, 6) is 1.21. The van der Waals surface area contributed by atoms with Crippen molar-refractivity contribution >= 4 is 21.8 Å². The molecule has 2 rings (SSSR count). The van der Waals surface area contributed by atoms with E-state index in [1.807, 2.05) is 43.4 Å². The van der Waals surface area contributed by atoms with E-state index in [-0.39, 0.29) is 5.91 Å². The van der Waals surface area contributed by atoms with Gasteiger partial charge in [0.1, 0.15) is 12.3 Å². The fraction of sp³-hybridized carbons (Fsp3) is 0.350. The first-order valence-electron chi connectivity index (χ1n) is 8.45. The topological polar surface area (TPSA) is 42.8 Å². The average Bonchev–Trinajstić information content (AvgIpc) is 2.60. The van der Waals surface area contributed by atoms with Gasteiger partial charge in [-0.2, -0.15) is 0 Å². The zero-order chi connectivity index (χ0) is 18.2. The molecule has 0 heterocycles. The van der Waals surface area contributed by atoms with Gasteiger partial charge in [0.25, 0.3) is 5.91 Å². The number of hydrogen-bond donors (Lipinski definition) is 2. The summed E-state index contributed by atoms with van der Waals surface area (Å²) in [6, 6.07) is 16.2. The van der Waals surface area contributed by atoms with E-state index in [1.165, 1.54) is 5.56 Å². The van der Waals surface area contributed by atoms with E-state index in [1.54, 1.807) is 7.11 Å². The number of rotatable bonds is 8. The summed E-state index contributed by atoms with van der Waals surface area (Å²) in [7, 11) is 3.68. The van der Waals surface area contributed by atoms with Crippen LogP contribution in [-0.2, 0) is 11.3 Å². The Kier molecular flexibility index (Phi) is 7.47. The molecule has 0 spiro atoms. The Hall–Kier alpha value is -1.85. The van der Waals surface area contributed by atoms with Crippen LogP contribution in [0.15, 0.2) is 53.0 Å². The van der Waals surface area contributed by atoms with Gasteiger partial charge >= 0.3 is 0 Å². The molecule has 0 aromatic heterocycles. The van der Waals surface area contributed by atoms with Gasteiger partial charge in [0, 0.05) is 16.6 Å². The summed E-state index contributed by atoms with van der Waals surface area (Å²) < 4.78 is 6.41. The fourth-order valence-electron chi connectivity index (χ4n) is 2.78. The Bertz CT molecular complexity index is 691. The van der Waals surface area contributed by atoms with Crippen molar-refractivity contribution in [2.75, 3.05) is 27.2 Å². The second-order valence-corrected chi connectivity index (χ2v) is 7.30. The van der Waals surface area contributed by atoms with E-state index >= 15 is 0 Å². The van der Waals surface area contributed by atoms with Crippen LogP contribution in [0.4, 0.5) is 0 Å². The van der Waals surface area contributed by atoms with Gasteiger partial charge in [0.05, 0.1) is 14.2 Å². The zero-order valence-corrected chi connectivity index (χ0v) is 16.6. The Balaban J connectivity index is 1.83. The predicted octanol–water partition coefficient (Wildman–Crippen LogP) is 2.39. The van der Waals surface area contributed by atoms with Crippen LogP contribution in [0.5, 0.6) is 5.75 Å². The van der Waals surface area contributed by atoms with Gasteiger partial charge in [-0.25, -0.2) is 0 Å². The highest BCUT2D eigenvalue weighted by Gasteiger charge is 2.14. The number of likely N-dealkylation sites (N-methyl/N-ethyl adjacent to an activating group) is 1. The number of halogens is 1. The van der Waals surface area contributed by atoms with Crippen molar-refractivity contribution in [3.05, 3.63) is 64.1 Å². The molecule has 0 saturated carbocycles. The van der Waals surface area contributed by atoms with Crippen molar-refractivity contribution in [3.8, 4) is 5.75 Å². The van der Waals surface area contributed by atoms with E-state index in [0.717, 1.165) is 27.2 Å². The molecule has 2 aromatic rings. The third-order valence-electron chi connectivity index (χ3n) is 4.17. The summed E-state index contributed by atoms with van der Waals surface area (Å²) in [6.45, 7) is 3.93. The highest BCUT2D eigenvalue weighted by molar-refractivity contribution is 9.10. The second-order valence-electron chi connectivity index (χ2n) is 6.38. The normalized spacial score (nSPS) is 13.1. The van der Waals surface area contributed by atoms with Crippen molar-refractivity contribution < 1.29 is 14.4 Å². The van der Waals surface area contributed by atoms with Gasteiger partial charge in [0.2, 0.25) is 0 Å². The number of carbonyl (C=O) groups excluding carboxylic acids is 1. The third kappa shape index (κ3) is 6.18. The zero-order valence-electron chi connectivity index (χ0n) is 15.0. The maximum Gasteiger partial charge on any atom is 0.275 e. The number of carbonyl (C=O) groups is 1. The van der Waals surface area contributed by atoms with Crippen LogP contribution in [0.1, 0.15) is 24.0 Å². The second kappa shape index (κ2) is 9.59. The van der Waals surface area contributed by atoms with Crippen molar-refractivity contribution in [2.24, 2.45) is 0 Å². The molecule has 0 aliphatic carbocycles. The maximum atomic E-state index is 12.2. The van der Waals surface area contributed by atoms with Gasteiger partial charge in [-0.1, -0.05) is 53.2 Å². The molecule has 2 N–H and O–H groups in total. The molecule has 0 fully saturated rings. The Morgan fingerprint density at radius 1 is 1.24 bits per heavy atom. The molecule has 4 nitrogen and oxygen atoms in total. The highest BCUT2D eigenvalue weighted by atomic mass is 79.9. The van der Waals surface area contributed by atoms with E-state index in [2.05, 4.69) is 40.3 Å². The molecule has 0 saturated heterocycles. The van der Waals surface area contributed by atoms with E-state index in [9.17, 15) is 4.79 Å². The molecule has 2 atom stereocenters. The molecule has 2 aromatic carbocycles. The molecule has 0 radical (unpaired) electrons. The van der Waals surface area contributed by atoms with Crippen molar-refractivity contribution in [3.63, 3.8) is 0 Å². The summed E-state index contributed by atoms with van der Waals surface area (Å²) in [6.07, 6.45) is 0. The van der Waals surface area contributed by atoms with Gasteiger partial charge in [-0.05, 0) is 29.7 Å². The van der Waals surface area contributed by atoms with Crippen molar-refractivity contribution in [1.82, 2.24) is 5.32 Å². The number of methoxy groups -OCH3 is 1. The number of quaternary nitrogens is 1. The lowest BCUT2D eigenvalue weighted by atomic mass is 10.0. The molecule has 0 aliphatic rings. The smallest absolute Gasteiger partial charge is 0.275 e. The Morgan fingerprint density at radius 3 is 2.64 bits per heavy atom. The van der Waals surface area contributed by atoms with E-state index in [4.69, 9.17) is 4.74 Å². The van der Waals surface area contributed by atoms with Crippen molar-refractivity contribution in [2.45, 2.75) is 19.4 Å². The molecule has 1 amide bonds. The van der Waals surface area contributed by atoms with Gasteiger partial charge in [-0.15, -0.1) is 0 Å². The molecule has 134 valence electrons. The number of benzene rings is 2. The number of hydrogen-bond acceptors (Lipinski definition) is 2. The molecule has 0 aliphatic heterocycles. The third-order valence-corrected chi connectivity index (χ3v) is 4.66. The average molecular weight is 406 g/mol. The standard InChI is InChI=1S/C20H25BrN2O2/c1-15(16-7-5-4-6-8-16)12-22-20(24)14-23(2)13-17-11-18(21)9-10-19(17)25-3/h4-11,15H,12-14H2,1-3H3,(H,22,24)/p+1/t15-/m0/s1. The Labute approximate surface area is 158 Å². The quantitative estimate of drug-likeness (QED) is 0.707.